The molecule has 4 heteroatoms. The zero-order valence-corrected chi connectivity index (χ0v) is 10.2. The van der Waals surface area contributed by atoms with Gasteiger partial charge in [0.1, 0.15) is 5.82 Å². The number of amides is 1. The van der Waals surface area contributed by atoms with Gasteiger partial charge < -0.3 is 4.90 Å². The quantitative estimate of drug-likeness (QED) is 0.771. The van der Waals surface area contributed by atoms with Gasteiger partial charge in [-0.1, -0.05) is 36.4 Å². The number of hydrogen-bond acceptors (Lipinski definition) is 1. The maximum absolute atomic E-state index is 15.3. The summed E-state index contributed by atoms with van der Waals surface area (Å²) in [6.07, 6.45) is 0. The summed E-state index contributed by atoms with van der Waals surface area (Å²) in [4.78, 5) is 13.4. The molecule has 0 N–H and O–H groups in total. The second kappa shape index (κ2) is 3.88. The number of alkyl halides is 1. The fourth-order valence-corrected chi connectivity index (χ4v) is 2.51. The monoisotopic (exact) mass is 259 g/mol. The van der Waals surface area contributed by atoms with E-state index in [1.807, 2.05) is 0 Å². The third kappa shape index (κ3) is 1.43. The second-order valence-corrected chi connectivity index (χ2v) is 4.52. The highest BCUT2D eigenvalue weighted by Gasteiger charge is 2.53. The molecule has 2 nitrogen and oxygen atoms in total. The minimum Gasteiger partial charge on any atom is -0.312 e. The van der Waals surface area contributed by atoms with E-state index < -0.39 is 17.4 Å². The molecule has 0 spiro atoms. The first kappa shape index (κ1) is 11.8. The van der Waals surface area contributed by atoms with Gasteiger partial charge in [0.05, 0.1) is 5.69 Å². The lowest BCUT2D eigenvalue weighted by molar-refractivity contribution is -0.126. The van der Waals surface area contributed by atoms with Crippen LogP contribution in [0.25, 0.3) is 0 Å². The Morgan fingerprint density at radius 3 is 2.26 bits per heavy atom. The number of para-hydroxylation sites is 1. The first-order chi connectivity index (χ1) is 9.06. The number of nitrogens with zero attached hydrogens (tertiary/aromatic N) is 1. The van der Waals surface area contributed by atoms with Crippen molar-refractivity contribution in [2.45, 2.75) is 5.67 Å². The second-order valence-electron chi connectivity index (χ2n) is 4.52. The van der Waals surface area contributed by atoms with E-state index >= 15 is 4.39 Å². The highest BCUT2D eigenvalue weighted by Crippen LogP contribution is 2.47. The molecule has 2 aromatic carbocycles. The van der Waals surface area contributed by atoms with E-state index in [9.17, 15) is 9.18 Å². The van der Waals surface area contributed by atoms with Crippen molar-refractivity contribution in [1.29, 1.82) is 0 Å². The summed E-state index contributed by atoms with van der Waals surface area (Å²) in [6, 6.07) is 12.0. The standard InChI is InChI=1S/C15H11F2NO/c1-18-13-9-5-3-7-11(13)15(17,14(18)19)10-6-2-4-8-12(10)16/h2-9H,1H3/t15-/m0/s1. The predicted octanol–water partition coefficient (Wildman–Crippen LogP) is 3.02. The van der Waals surface area contributed by atoms with E-state index in [1.165, 1.54) is 36.2 Å². The molecule has 96 valence electrons. The minimum atomic E-state index is -2.45. The van der Waals surface area contributed by atoms with Crippen molar-refractivity contribution in [3.05, 3.63) is 65.5 Å². The number of benzene rings is 2. The Bertz CT molecular complexity index is 671. The van der Waals surface area contributed by atoms with E-state index in [-0.39, 0.29) is 11.1 Å². The van der Waals surface area contributed by atoms with Crippen LogP contribution in [0.3, 0.4) is 0 Å². The topological polar surface area (TPSA) is 20.3 Å². The van der Waals surface area contributed by atoms with Crippen LogP contribution in [0.4, 0.5) is 14.5 Å². The Morgan fingerprint density at radius 2 is 1.58 bits per heavy atom. The maximum Gasteiger partial charge on any atom is 0.274 e. The fraction of sp³-hybridized carbons (Fsp3) is 0.133. The van der Waals surface area contributed by atoms with Gasteiger partial charge >= 0.3 is 0 Å². The molecule has 1 aliphatic rings. The first-order valence-electron chi connectivity index (χ1n) is 5.88. The number of fused-ring (bicyclic) bond motifs is 1. The average molecular weight is 259 g/mol. The van der Waals surface area contributed by atoms with Crippen molar-refractivity contribution in [2.75, 3.05) is 11.9 Å². The van der Waals surface area contributed by atoms with E-state index in [2.05, 4.69) is 0 Å². The summed E-state index contributed by atoms with van der Waals surface area (Å²) in [5.41, 5.74) is -2.03. The Morgan fingerprint density at radius 1 is 1.00 bits per heavy atom. The van der Waals surface area contributed by atoms with Gasteiger partial charge in [0, 0.05) is 18.2 Å². The Kier molecular flexibility index (Phi) is 2.42. The van der Waals surface area contributed by atoms with E-state index in [0.29, 0.717) is 5.69 Å². The fourth-order valence-electron chi connectivity index (χ4n) is 2.51. The number of likely N-dealkylation sites (N-methyl/N-ethyl adjacent to an activating group) is 1. The summed E-state index contributed by atoms with van der Waals surface area (Å²) in [6.45, 7) is 0. The summed E-state index contributed by atoms with van der Waals surface area (Å²) in [5, 5.41) is 0. The molecule has 0 aromatic heterocycles. The number of carbonyl (C=O) groups excluding carboxylic acids is 1. The molecule has 1 atom stereocenters. The van der Waals surface area contributed by atoms with Gasteiger partial charge in [0.2, 0.25) is 5.67 Å². The molecule has 2 aromatic rings. The van der Waals surface area contributed by atoms with Crippen molar-refractivity contribution >= 4 is 11.6 Å². The smallest absolute Gasteiger partial charge is 0.274 e. The minimum absolute atomic E-state index is 0.188. The van der Waals surface area contributed by atoms with Crippen LogP contribution in [0.2, 0.25) is 0 Å². The number of carbonyl (C=O) groups is 1. The number of rotatable bonds is 1. The van der Waals surface area contributed by atoms with E-state index in [1.54, 1.807) is 18.2 Å². The van der Waals surface area contributed by atoms with Crippen LogP contribution in [0.15, 0.2) is 48.5 Å². The van der Waals surface area contributed by atoms with E-state index in [0.717, 1.165) is 6.07 Å². The zero-order valence-electron chi connectivity index (χ0n) is 10.2. The van der Waals surface area contributed by atoms with Crippen molar-refractivity contribution in [1.82, 2.24) is 0 Å². The van der Waals surface area contributed by atoms with E-state index in [4.69, 9.17) is 0 Å². The molecule has 0 bridgehead atoms. The Hall–Kier alpha value is -2.23. The van der Waals surface area contributed by atoms with Gasteiger partial charge in [0.25, 0.3) is 5.91 Å². The lowest BCUT2D eigenvalue weighted by Gasteiger charge is -2.20. The molecule has 19 heavy (non-hydrogen) atoms. The van der Waals surface area contributed by atoms with Gasteiger partial charge in [-0.25, -0.2) is 8.78 Å². The lowest BCUT2D eigenvalue weighted by atomic mass is 9.89. The molecule has 0 radical (unpaired) electrons. The first-order valence-corrected chi connectivity index (χ1v) is 5.88. The van der Waals surface area contributed by atoms with Crippen LogP contribution in [-0.2, 0) is 10.5 Å². The molecule has 0 aliphatic carbocycles. The Labute approximate surface area is 109 Å². The van der Waals surface area contributed by atoms with Crippen LogP contribution < -0.4 is 4.90 Å². The average Bonchev–Trinajstić information content (AvgIpc) is 2.63. The van der Waals surface area contributed by atoms with Crippen LogP contribution in [0.1, 0.15) is 11.1 Å². The SMILES string of the molecule is CN1C(=O)[C@](F)(c2ccccc2F)c2ccccc21. The molecule has 0 saturated heterocycles. The van der Waals surface area contributed by atoms with Gasteiger partial charge in [-0.3, -0.25) is 4.79 Å². The van der Waals surface area contributed by atoms with Crippen molar-refractivity contribution in [2.24, 2.45) is 0 Å². The molecule has 1 aliphatic heterocycles. The molecular weight excluding hydrogens is 248 g/mol. The normalized spacial score (nSPS) is 21.6. The summed E-state index contributed by atoms with van der Waals surface area (Å²) in [5.74, 6) is -1.48. The molecular formula is C15H11F2NO. The van der Waals surface area contributed by atoms with Gasteiger partial charge in [-0.05, 0) is 12.1 Å². The highest BCUT2D eigenvalue weighted by atomic mass is 19.1. The summed E-state index contributed by atoms with van der Waals surface area (Å²) < 4.78 is 29.2. The van der Waals surface area contributed by atoms with Gasteiger partial charge in [0.15, 0.2) is 0 Å². The van der Waals surface area contributed by atoms with Gasteiger partial charge in [-0.15, -0.1) is 0 Å². The number of anilines is 1. The highest BCUT2D eigenvalue weighted by molar-refractivity contribution is 6.08. The van der Waals surface area contributed by atoms with Crippen molar-refractivity contribution in [3.63, 3.8) is 0 Å². The summed E-state index contributed by atoms with van der Waals surface area (Å²) in [7, 11) is 1.49. The lowest BCUT2D eigenvalue weighted by Crippen LogP contribution is -2.36. The molecule has 1 heterocycles. The third-order valence-corrected chi connectivity index (χ3v) is 3.48. The Balaban J connectivity index is 2.31. The molecule has 0 unspecified atom stereocenters. The van der Waals surface area contributed by atoms with Gasteiger partial charge in [-0.2, -0.15) is 0 Å². The zero-order chi connectivity index (χ0) is 13.6. The largest absolute Gasteiger partial charge is 0.312 e. The van der Waals surface area contributed by atoms with Crippen LogP contribution in [-0.4, -0.2) is 13.0 Å². The molecule has 1 amide bonds. The van der Waals surface area contributed by atoms with Crippen LogP contribution in [0.5, 0.6) is 0 Å². The number of hydrogen-bond donors (Lipinski definition) is 0. The van der Waals surface area contributed by atoms with Crippen molar-refractivity contribution < 1.29 is 13.6 Å². The molecule has 0 fully saturated rings. The van der Waals surface area contributed by atoms with Crippen LogP contribution in [0, 0.1) is 5.82 Å². The third-order valence-electron chi connectivity index (χ3n) is 3.48. The van der Waals surface area contributed by atoms with Crippen LogP contribution >= 0.6 is 0 Å². The maximum atomic E-state index is 15.3. The molecule has 3 rings (SSSR count). The number of halogens is 2. The van der Waals surface area contributed by atoms with Crippen molar-refractivity contribution in [3.8, 4) is 0 Å². The predicted molar refractivity (Wildman–Crippen MR) is 68.1 cm³/mol. The summed E-state index contributed by atoms with van der Waals surface area (Å²) >= 11 is 0. The molecule has 0 saturated carbocycles.